The van der Waals surface area contributed by atoms with Crippen LogP contribution in [0.1, 0.15) is 12.0 Å². The number of aliphatic imine (C=N–C) groups is 1. The van der Waals surface area contributed by atoms with Crippen LogP contribution < -0.4 is 4.90 Å². The van der Waals surface area contributed by atoms with Crippen molar-refractivity contribution in [3.63, 3.8) is 0 Å². The van der Waals surface area contributed by atoms with E-state index in [1.165, 1.54) is 5.69 Å². The summed E-state index contributed by atoms with van der Waals surface area (Å²) in [5.74, 6) is 0. The van der Waals surface area contributed by atoms with Crippen LogP contribution in [-0.4, -0.2) is 80.0 Å². The average Bonchev–Trinajstić information content (AvgIpc) is 2.55. The van der Waals surface area contributed by atoms with Crippen molar-refractivity contribution in [1.29, 1.82) is 0 Å². The standard InChI is InChI=1S/C18H29N3O3Si/c1-20(2)18-6-4-17(5-7-18)16-19-8-3-15-25-22-12-9-21(10-13-23-25)11-14-24-25/h4-7,16H,3,8-15H2,1-2H3. The molecule has 0 aliphatic carbocycles. The highest BCUT2D eigenvalue weighted by molar-refractivity contribution is 6.60. The molecule has 1 aromatic carbocycles. The molecule has 7 heteroatoms. The van der Waals surface area contributed by atoms with Gasteiger partial charge in [-0.15, -0.1) is 0 Å². The summed E-state index contributed by atoms with van der Waals surface area (Å²) in [5, 5.41) is 0. The van der Waals surface area contributed by atoms with Gasteiger partial charge in [0.25, 0.3) is 0 Å². The van der Waals surface area contributed by atoms with Gasteiger partial charge in [-0.05, 0) is 24.1 Å². The average molecular weight is 364 g/mol. The summed E-state index contributed by atoms with van der Waals surface area (Å²) in [6.45, 7) is 5.88. The van der Waals surface area contributed by atoms with Crippen molar-refractivity contribution >= 4 is 20.7 Å². The van der Waals surface area contributed by atoms with Crippen molar-refractivity contribution < 1.29 is 13.3 Å². The molecule has 0 saturated carbocycles. The van der Waals surface area contributed by atoms with Crippen molar-refractivity contribution in [3.8, 4) is 0 Å². The van der Waals surface area contributed by atoms with Gasteiger partial charge in [-0.1, -0.05) is 12.1 Å². The zero-order valence-electron chi connectivity index (χ0n) is 15.3. The van der Waals surface area contributed by atoms with Gasteiger partial charge < -0.3 is 18.2 Å². The molecule has 0 atom stereocenters. The van der Waals surface area contributed by atoms with Crippen molar-refractivity contribution in [2.45, 2.75) is 12.5 Å². The fourth-order valence-electron chi connectivity index (χ4n) is 3.08. The maximum Gasteiger partial charge on any atom is 0.501 e. The Labute approximate surface area is 151 Å². The molecule has 6 nitrogen and oxygen atoms in total. The molecule has 138 valence electrons. The second-order valence-electron chi connectivity index (χ2n) is 6.69. The fraction of sp³-hybridized carbons (Fsp3) is 0.611. The maximum absolute atomic E-state index is 6.04. The van der Waals surface area contributed by atoms with Gasteiger partial charge in [0.15, 0.2) is 0 Å². The highest BCUT2D eigenvalue weighted by Crippen LogP contribution is 2.21. The van der Waals surface area contributed by atoms with Crippen LogP contribution in [0, 0.1) is 0 Å². The number of hydrogen-bond donors (Lipinski definition) is 0. The second kappa shape index (κ2) is 8.91. The van der Waals surface area contributed by atoms with E-state index in [1.54, 1.807) is 0 Å². The molecule has 1 aromatic rings. The summed E-state index contributed by atoms with van der Waals surface area (Å²) < 4.78 is 18.1. The van der Waals surface area contributed by atoms with Gasteiger partial charge in [0.1, 0.15) is 0 Å². The van der Waals surface area contributed by atoms with Crippen LogP contribution in [-0.2, 0) is 13.3 Å². The number of nitrogens with zero attached hydrogens (tertiary/aromatic N) is 3. The van der Waals surface area contributed by atoms with Crippen molar-refractivity contribution in [2.24, 2.45) is 4.99 Å². The largest absolute Gasteiger partial charge is 0.501 e. The SMILES string of the molecule is CN(C)c1ccc(C=NCCC[Si]23OCCN(CCO2)CCO3)cc1. The summed E-state index contributed by atoms with van der Waals surface area (Å²) in [5.41, 5.74) is 2.32. The predicted molar refractivity (Wildman–Crippen MR) is 103 cm³/mol. The van der Waals surface area contributed by atoms with Gasteiger partial charge in [-0.3, -0.25) is 9.89 Å². The molecule has 0 N–H and O–H groups in total. The van der Waals surface area contributed by atoms with E-state index < -0.39 is 8.80 Å². The zero-order valence-corrected chi connectivity index (χ0v) is 16.3. The Bertz CT molecular complexity index is 539. The van der Waals surface area contributed by atoms with Crippen molar-refractivity contribution in [2.75, 3.05) is 65.0 Å². The lowest BCUT2D eigenvalue weighted by molar-refractivity contribution is -0.00841. The minimum Gasteiger partial charge on any atom is -0.378 e. The molecule has 3 saturated heterocycles. The van der Waals surface area contributed by atoms with Crippen LogP contribution in [0.15, 0.2) is 29.3 Å². The smallest absolute Gasteiger partial charge is 0.378 e. The summed E-state index contributed by atoms with van der Waals surface area (Å²) >= 11 is 0. The number of benzene rings is 1. The third-order valence-corrected chi connectivity index (χ3v) is 7.51. The molecule has 0 radical (unpaired) electrons. The molecule has 3 fully saturated rings. The highest BCUT2D eigenvalue weighted by Gasteiger charge is 2.43. The number of hydrogen-bond acceptors (Lipinski definition) is 6. The molecule has 3 heterocycles. The quantitative estimate of drug-likeness (QED) is 0.439. The van der Waals surface area contributed by atoms with Crippen molar-refractivity contribution in [3.05, 3.63) is 29.8 Å². The first kappa shape index (κ1) is 18.5. The molecular weight excluding hydrogens is 334 g/mol. The number of rotatable bonds is 6. The summed E-state index contributed by atoms with van der Waals surface area (Å²) in [7, 11) is 1.60. The fourth-order valence-corrected chi connectivity index (χ4v) is 5.56. The van der Waals surface area contributed by atoms with Crippen LogP contribution >= 0.6 is 0 Å². The van der Waals surface area contributed by atoms with E-state index in [1.807, 2.05) is 20.3 Å². The first-order valence-electron chi connectivity index (χ1n) is 9.08. The second-order valence-corrected chi connectivity index (χ2v) is 9.43. The van der Waals surface area contributed by atoms with Gasteiger partial charge >= 0.3 is 8.80 Å². The Hall–Kier alpha value is -1.25. The highest BCUT2D eigenvalue weighted by atomic mass is 28.4. The lowest BCUT2D eigenvalue weighted by atomic mass is 10.2. The monoisotopic (exact) mass is 363 g/mol. The van der Waals surface area contributed by atoms with Gasteiger partial charge in [0, 0.05) is 58.2 Å². The molecular formula is C18H29N3O3Si. The number of fused-ring (bicyclic) bond motifs is 6. The molecule has 0 amide bonds. The third kappa shape index (κ3) is 5.36. The lowest BCUT2D eigenvalue weighted by Crippen LogP contribution is -2.55. The first-order valence-corrected chi connectivity index (χ1v) is 11.0. The van der Waals surface area contributed by atoms with Crippen LogP contribution in [0.5, 0.6) is 0 Å². The van der Waals surface area contributed by atoms with E-state index in [-0.39, 0.29) is 0 Å². The molecule has 0 aromatic heterocycles. The van der Waals surface area contributed by atoms with E-state index in [2.05, 4.69) is 39.1 Å². The molecule has 3 aliphatic heterocycles. The Morgan fingerprint density at radius 3 is 2.20 bits per heavy atom. The van der Waals surface area contributed by atoms with Crippen LogP contribution in [0.2, 0.25) is 6.04 Å². The lowest BCUT2D eigenvalue weighted by Gasteiger charge is -2.38. The number of anilines is 1. The van der Waals surface area contributed by atoms with Crippen LogP contribution in [0.3, 0.4) is 0 Å². The predicted octanol–water partition coefficient (Wildman–Crippen LogP) is 1.88. The summed E-state index contributed by atoms with van der Waals surface area (Å²) in [6, 6.07) is 9.25. The molecule has 0 unspecified atom stereocenters. The molecule has 2 bridgehead atoms. The minimum absolute atomic E-state index is 0.716. The van der Waals surface area contributed by atoms with Gasteiger partial charge in [0.05, 0.1) is 19.8 Å². The van der Waals surface area contributed by atoms with Crippen LogP contribution in [0.4, 0.5) is 5.69 Å². The Balaban J connectivity index is 1.46. The third-order valence-electron chi connectivity index (χ3n) is 4.61. The maximum atomic E-state index is 6.04. The Morgan fingerprint density at radius 1 is 1.04 bits per heavy atom. The van der Waals surface area contributed by atoms with E-state index >= 15 is 0 Å². The molecule has 3 aliphatic rings. The van der Waals surface area contributed by atoms with E-state index in [9.17, 15) is 0 Å². The molecule has 25 heavy (non-hydrogen) atoms. The van der Waals surface area contributed by atoms with Gasteiger partial charge in [0.2, 0.25) is 0 Å². The van der Waals surface area contributed by atoms with Gasteiger partial charge in [-0.25, -0.2) is 0 Å². The minimum atomic E-state index is -2.48. The zero-order chi connectivity index (χ0) is 17.5. The Kier molecular flexibility index (Phi) is 6.61. The van der Waals surface area contributed by atoms with E-state index in [4.69, 9.17) is 13.3 Å². The Morgan fingerprint density at radius 2 is 1.64 bits per heavy atom. The topological polar surface area (TPSA) is 46.5 Å². The molecule has 0 spiro atoms. The summed E-state index contributed by atoms with van der Waals surface area (Å²) in [4.78, 5) is 8.98. The normalized spacial score (nSPS) is 27.0. The molecule has 4 rings (SSSR count). The van der Waals surface area contributed by atoms with Crippen LogP contribution in [0.25, 0.3) is 0 Å². The van der Waals surface area contributed by atoms with Crippen molar-refractivity contribution in [1.82, 2.24) is 4.90 Å². The summed E-state index contributed by atoms with van der Waals surface area (Å²) in [6.07, 6.45) is 2.87. The van der Waals surface area contributed by atoms with E-state index in [0.29, 0.717) is 19.8 Å². The first-order chi connectivity index (χ1) is 12.2. The van der Waals surface area contributed by atoms with E-state index in [0.717, 1.165) is 44.2 Å². The van der Waals surface area contributed by atoms with Gasteiger partial charge in [-0.2, -0.15) is 0 Å².